The van der Waals surface area contributed by atoms with Gasteiger partial charge in [-0.15, -0.1) is 0 Å². The third-order valence-corrected chi connectivity index (χ3v) is 4.95. The number of amides is 1. The molecule has 4 rings (SSSR count). The molecule has 0 saturated heterocycles. The normalized spacial score (nSPS) is 26.3. The van der Waals surface area contributed by atoms with E-state index < -0.39 is 0 Å². The lowest BCUT2D eigenvalue weighted by Crippen LogP contribution is -2.30. The maximum Gasteiger partial charge on any atom is 0.246 e. The molecule has 3 atom stereocenters. The first-order valence-electron chi connectivity index (χ1n) is 7.14. The average molecular weight is 343 g/mol. The molecule has 0 aromatic heterocycles. The van der Waals surface area contributed by atoms with Crippen LogP contribution < -0.4 is 10.6 Å². The van der Waals surface area contributed by atoms with Gasteiger partial charge in [0, 0.05) is 27.7 Å². The fourth-order valence-corrected chi connectivity index (χ4v) is 3.69. The van der Waals surface area contributed by atoms with E-state index in [2.05, 4.69) is 50.8 Å². The number of nitrogens with one attached hydrogen (secondary N) is 2. The number of hydrogen-bond donors (Lipinski definition) is 2. The van der Waals surface area contributed by atoms with E-state index in [1.165, 1.54) is 5.56 Å². The monoisotopic (exact) mass is 342 g/mol. The van der Waals surface area contributed by atoms with Crippen molar-refractivity contribution in [2.24, 2.45) is 0 Å². The zero-order chi connectivity index (χ0) is 14.4. The number of halogens is 1. The van der Waals surface area contributed by atoms with E-state index in [-0.39, 0.29) is 11.9 Å². The Labute approximate surface area is 131 Å². The van der Waals surface area contributed by atoms with Gasteiger partial charge in [-0.05, 0) is 24.1 Å². The number of rotatable bonds is 3. The molecule has 1 fully saturated rings. The number of carbonyl (C=O) groups excluding carboxylic acids is 1. The topological polar surface area (TPSA) is 41.1 Å². The second-order valence-electron chi connectivity index (χ2n) is 5.65. The summed E-state index contributed by atoms with van der Waals surface area (Å²) in [6.45, 7) is 0. The molecule has 2 aliphatic rings. The fourth-order valence-electron chi connectivity index (χ4n) is 3.10. The van der Waals surface area contributed by atoms with E-state index in [1.807, 2.05) is 24.3 Å². The molecule has 2 aromatic rings. The Kier molecular flexibility index (Phi) is 3.08. The summed E-state index contributed by atoms with van der Waals surface area (Å²) in [5, 5.41) is 6.45. The van der Waals surface area contributed by atoms with Crippen molar-refractivity contribution in [2.45, 2.75) is 24.4 Å². The fraction of sp³-hybridized carbons (Fsp3) is 0.235. The standard InChI is InChI=1S/C17H15BrN2O/c18-12-7-4-8-13-15(12)16(17(21)20-13)19-14-9-11(14)10-5-2-1-3-6-10/h1-8,11,14,16,19H,9H2,(H,20,21). The van der Waals surface area contributed by atoms with Crippen LogP contribution in [0, 0.1) is 0 Å². The lowest BCUT2D eigenvalue weighted by atomic mass is 10.1. The Hall–Kier alpha value is -1.65. The van der Waals surface area contributed by atoms with E-state index >= 15 is 0 Å². The minimum absolute atomic E-state index is 0.0376. The summed E-state index contributed by atoms with van der Waals surface area (Å²) in [5.41, 5.74) is 3.28. The van der Waals surface area contributed by atoms with Crippen LogP contribution >= 0.6 is 15.9 Å². The van der Waals surface area contributed by atoms with E-state index in [1.54, 1.807) is 0 Å². The minimum atomic E-state index is -0.255. The van der Waals surface area contributed by atoms with Gasteiger partial charge in [0.15, 0.2) is 0 Å². The van der Waals surface area contributed by atoms with Crippen LogP contribution in [0.5, 0.6) is 0 Å². The van der Waals surface area contributed by atoms with Gasteiger partial charge >= 0.3 is 0 Å². The Balaban J connectivity index is 1.54. The maximum atomic E-state index is 12.2. The highest BCUT2D eigenvalue weighted by Crippen LogP contribution is 2.44. The Bertz CT molecular complexity index is 701. The van der Waals surface area contributed by atoms with Gasteiger partial charge < -0.3 is 5.32 Å². The van der Waals surface area contributed by atoms with Crippen LogP contribution in [0.25, 0.3) is 0 Å². The summed E-state index contributed by atoms with van der Waals surface area (Å²) in [6.07, 6.45) is 1.09. The van der Waals surface area contributed by atoms with Crippen molar-refractivity contribution in [2.75, 3.05) is 5.32 Å². The summed E-state index contributed by atoms with van der Waals surface area (Å²) in [7, 11) is 0. The van der Waals surface area contributed by atoms with Crippen molar-refractivity contribution >= 4 is 27.5 Å². The lowest BCUT2D eigenvalue weighted by molar-refractivity contribution is -0.117. The lowest BCUT2D eigenvalue weighted by Gasteiger charge is -2.12. The summed E-state index contributed by atoms with van der Waals surface area (Å²) in [5.74, 6) is 0.557. The zero-order valence-corrected chi connectivity index (χ0v) is 12.9. The predicted octanol–water partition coefficient (Wildman–Crippen LogP) is 3.59. The van der Waals surface area contributed by atoms with E-state index in [4.69, 9.17) is 0 Å². The Morgan fingerprint density at radius 1 is 1.10 bits per heavy atom. The molecular weight excluding hydrogens is 328 g/mol. The molecule has 3 nitrogen and oxygen atoms in total. The predicted molar refractivity (Wildman–Crippen MR) is 86.2 cm³/mol. The second-order valence-corrected chi connectivity index (χ2v) is 6.50. The summed E-state index contributed by atoms with van der Waals surface area (Å²) >= 11 is 3.55. The smallest absolute Gasteiger partial charge is 0.246 e. The third-order valence-electron chi connectivity index (χ3n) is 4.26. The molecular formula is C17H15BrN2O. The molecule has 4 heteroatoms. The largest absolute Gasteiger partial charge is 0.324 e. The van der Waals surface area contributed by atoms with Crippen molar-refractivity contribution < 1.29 is 4.79 Å². The number of fused-ring (bicyclic) bond motifs is 1. The highest BCUT2D eigenvalue weighted by molar-refractivity contribution is 9.10. The van der Waals surface area contributed by atoms with Gasteiger partial charge in [0.2, 0.25) is 5.91 Å². The molecule has 106 valence electrons. The second kappa shape index (κ2) is 4.97. The number of anilines is 1. The van der Waals surface area contributed by atoms with Gasteiger partial charge in [0.05, 0.1) is 0 Å². The van der Waals surface area contributed by atoms with E-state index in [0.717, 1.165) is 22.1 Å². The van der Waals surface area contributed by atoms with Crippen LogP contribution in [-0.2, 0) is 4.79 Å². The molecule has 0 spiro atoms. The molecule has 0 radical (unpaired) electrons. The maximum absolute atomic E-state index is 12.2. The summed E-state index contributed by atoms with van der Waals surface area (Å²) in [4.78, 5) is 12.2. The molecule has 0 bridgehead atoms. The average Bonchev–Trinajstić information content (AvgIpc) is 3.18. The number of benzene rings is 2. The van der Waals surface area contributed by atoms with E-state index in [9.17, 15) is 4.79 Å². The number of carbonyl (C=O) groups is 1. The molecule has 3 unspecified atom stereocenters. The van der Waals surface area contributed by atoms with Gasteiger partial charge in [0.1, 0.15) is 6.04 Å². The first kappa shape index (κ1) is 13.0. The molecule has 1 heterocycles. The minimum Gasteiger partial charge on any atom is -0.324 e. The van der Waals surface area contributed by atoms with Crippen molar-refractivity contribution in [1.82, 2.24) is 5.32 Å². The Morgan fingerprint density at radius 2 is 1.90 bits per heavy atom. The molecule has 2 N–H and O–H groups in total. The third kappa shape index (κ3) is 2.28. The van der Waals surface area contributed by atoms with Gasteiger partial charge in [-0.2, -0.15) is 0 Å². The summed E-state index contributed by atoms with van der Waals surface area (Å²) in [6, 6.07) is 16.5. The zero-order valence-electron chi connectivity index (χ0n) is 11.3. The van der Waals surface area contributed by atoms with Crippen molar-refractivity contribution in [1.29, 1.82) is 0 Å². The first-order chi connectivity index (χ1) is 10.2. The highest BCUT2D eigenvalue weighted by atomic mass is 79.9. The van der Waals surface area contributed by atoms with Gasteiger partial charge in [-0.3, -0.25) is 10.1 Å². The van der Waals surface area contributed by atoms with Crippen molar-refractivity contribution in [3.8, 4) is 0 Å². The quantitative estimate of drug-likeness (QED) is 0.894. The van der Waals surface area contributed by atoms with E-state index in [0.29, 0.717) is 12.0 Å². The van der Waals surface area contributed by atoms with Crippen LogP contribution in [0.4, 0.5) is 5.69 Å². The van der Waals surface area contributed by atoms with Gasteiger partial charge in [-0.1, -0.05) is 52.3 Å². The molecule has 2 aromatic carbocycles. The van der Waals surface area contributed by atoms with Gasteiger partial charge in [0.25, 0.3) is 0 Å². The molecule has 21 heavy (non-hydrogen) atoms. The van der Waals surface area contributed by atoms with Crippen molar-refractivity contribution in [3.63, 3.8) is 0 Å². The molecule has 1 aliphatic carbocycles. The number of hydrogen-bond acceptors (Lipinski definition) is 2. The van der Waals surface area contributed by atoms with Crippen LogP contribution in [0.1, 0.15) is 29.5 Å². The molecule has 1 amide bonds. The highest BCUT2D eigenvalue weighted by Gasteiger charge is 2.43. The van der Waals surface area contributed by atoms with Crippen LogP contribution in [0.2, 0.25) is 0 Å². The Morgan fingerprint density at radius 3 is 2.71 bits per heavy atom. The van der Waals surface area contributed by atoms with Gasteiger partial charge in [-0.25, -0.2) is 0 Å². The van der Waals surface area contributed by atoms with Crippen molar-refractivity contribution in [3.05, 3.63) is 64.1 Å². The first-order valence-corrected chi connectivity index (χ1v) is 7.93. The van der Waals surface area contributed by atoms with Crippen LogP contribution in [-0.4, -0.2) is 11.9 Å². The SMILES string of the molecule is O=C1Nc2cccc(Br)c2C1NC1CC1c1ccccc1. The molecule has 1 saturated carbocycles. The van der Waals surface area contributed by atoms with Crippen LogP contribution in [0.15, 0.2) is 53.0 Å². The van der Waals surface area contributed by atoms with Crippen LogP contribution in [0.3, 0.4) is 0 Å². The molecule has 1 aliphatic heterocycles. The summed E-state index contributed by atoms with van der Waals surface area (Å²) < 4.78 is 0.979.